The summed E-state index contributed by atoms with van der Waals surface area (Å²) in [6.07, 6.45) is -0.808. The van der Waals surface area contributed by atoms with Gasteiger partial charge in [0.1, 0.15) is 6.61 Å². The quantitative estimate of drug-likeness (QED) is 0.673. The zero-order valence-electron chi connectivity index (χ0n) is 12.2. The molecule has 0 aromatic heterocycles. The van der Waals surface area contributed by atoms with Gasteiger partial charge in [-0.15, -0.1) is 0 Å². The van der Waals surface area contributed by atoms with Crippen molar-refractivity contribution in [2.45, 2.75) is 12.6 Å². The number of hydrogen-bond acceptors (Lipinski definition) is 4. The molecule has 1 atom stereocenters. The third-order valence-electron chi connectivity index (χ3n) is 2.84. The van der Waals surface area contributed by atoms with Crippen LogP contribution in [0.15, 0.2) is 60.7 Å². The molecular weight excluding hydrogens is 309 g/mol. The van der Waals surface area contributed by atoms with Gasteiger partial charge in [0.2, 0.25) is 0 Å². The predicted molar refractivity (Wildman–Crippen MR) is 74.0 cm³/mol. The number of carboxylic acids is 1. The number of amides is 1. The molecule has 0 aliphatic heterocycles. The van der Waals surface area contributed by atoms with Gasteiger partial charge >= 0.3 is 57.5 Å². The Bertz CT molecular complexity index is 604. The maximum Gasteiger partial charge on any atom is 1.00 e. The fourth-order valence-corrected chi connectivity index (χ4v) is 1.81. The molecule has 22 heavy (non-hydrogen) atoms. The molecule has 108 valence electrons. The Kier molecular flexibility index (Phi) is 8.37. The minimum absolute atomic E-state index is 0. The monoisotopic (exact) mass is 323 g/mol. The molecule has 0 spiro atoms. The van der Waals surface area contributed by atoms with Crippen LogP contribution >= 0.6 is 0 Å². The summed E-state index contributed by atoms with van der Waals surface area (Å²) in [4.78, 5) is 22.8. The summed E-state index contributed by atoms with van der Waals surface area (Å²) in [6.45, 7) is 0.0707. The van der Waals surface area contributed by atoms with E-state index in [1.165, 1.54) is 0 Å². The van der Waals surface area contributed by atoms with Crippen LogP contribution < -0.4 is 61.8 Å². The second-order valence-electron chi connectivity index (χ2n) is 4.37. The second kappa shape index (κ2) is 9.76. The van der Waals surface area contributed by atoms with Gasteiger partial charge in [0.25, 0.3) is 0 Å². The van der Waals surface area contributed by atoms with Crippen LogP contribution in [0, 0.1) is 0 Å². The van der Waals surface area contributed by atoms with Crippen LogP contribution in [0.25, 0.3) is 0 Å². The number of aliphatic carboxylic acids is 1. The number of rotatable bonds is 5. The van der Waals surface area contributed by atoms with Crippen LogP contribution in [-0.4, -0.2) is 12.1 Å². The van der Waals surface area contributed by atoms with E-state index in [-0.39, 0.29) is 58.0 Å². The van der Waals surface area contributed by atoms with Crippen molar-refractivity contribution in [2.24, 2.45) is 0 Å². The second-order valence-corrected chi connectivity index (χ2v) is 4.37. The largest absolute Gasteiger partial charge is 1.00 e. The molecule has 0 aliphatic rings. The van der Waals surface area contributed by atoms with Crippen molar-refractivity contribution >= 4 is 12.1 Å². The number of carbonyl (C=O) groups excluding carboxylic acids is 2. The normalized spacial score (nSPS) is 10.9. The van der Waals surface area contributed by atoms with Crippen molar-refractivity contribution in [3.63, 3.8) is 0 Å². The summed E-state index contributed by atoms with van der Waals surface area (Å²) >= 11 is 0. The fourth-order valence-electron chi connectivity index (χ4n) is 1.81. The minimum atomic E-state index is -1.39. The van der Waals surface area contributed by atoms with Gasteiger partial charge in [-0.1, -0.05) is 60.7 Å². The van der Waals surface area contributed by atoms with E-state index in [1.54, 1.807) is 42.5 Å². The Morgan fingerprint density at radius 2 is 1.55 bits per heavy atom. The summed E-state index contributed by atoms with van der Waals surface area (Å²) in [5.41, 5.74) is 1.24. The van der Waals surface area contributed by atoms with Crippen molar-refractivity contribution in [3.05, 3.63) is 71.8 Å². The standard InChI is InChI=1S/C16H15NO4.K/c18-15(19)14(13-9-5-2-6-10-13)17-16(20)21-11-12-7-3-1-4-8-12;/h1-10,14H,11H2,(H,17,20)(H,18,19);/q;+1/p-1. The van der Waals surface area contributed by atoms with Gasteiger partial charge in [-0.3, -0.25) is 0 Å². The molecule has 2 aromatic rings. The number of hydrogen-bond donors (Lipinski definition) is 1. The first kappa shape index (κ1) is 18.9. The molecule has 0 fully saturated rings. The number of carboxylic acid groups (broad SMARTS) is 1. The molecule has 1 unspecified atom stereocenters. The van der Waals surface area contributed by atoms with Crippen molar-refractivity contribution in [2.75, 3.05) is 0 Å². The molecule has 0 aliphatic carbocycles. The van der Waals surface area contributed by atoms with Crippen molar-refractivity contribution in [1.29, 1.82) is 0 Å². The van der Waals surface area contributed by atoms with Gasteiger partial charge in [-0.25, -0.2) is 4.79 Å². The molecule has 0 saturated carbocycles. The Balaban J connectivity index is 0.00000242. The molecule has 0 bridgehead atoms. The summed E-state index contributed by atoms with van der Waals surface area (Å²) in [7, 11) is 0. The van der Waals surface area contributed by atoms with E-state index in [0.717, 1.165) is 5.56 Å². The Labute approximate surface area is 171 Å². The van der Waals surface area contributed by atoms with E-state index in [1.807, 2.05) is 18.2 Å². The Morgan fingerprint density at radius 3 is 2.09 bits per heavy atom. The van der Waals surface area contributed by atoms with Crippen LogP contribution in [0.2, 0.25) is 0 Å². The SMILES string of the molecule is O=C(NC(C(=O)[O-])c1ccccc1)OCc1ccccc1.[K+]. The molecule has 6 heteroatoms. The Morgan fingerprint density at radius 1 is 1.00 bits per heavy atom. The molecular formula is C16H14KNO4. The van der Waals surface area contributed by atoms with Crippen molar-refractivity contribution in [1.82, 2.24) is 5.32 Å². The molecule has 0 saturated heterocycles. The summed E-state index contributed by atoms with van der Waals surface area (Å²) in [6, 6.07) is 16.2. The van der Waals surface area contributed by atoms with Crippen LogP contribution in [0.5, 0.6) is 0 Å². The smallest absolute Gasteiger partial charge is 0.548 e. The van der Waals surface area contributed by atoms with Gasteiger partial charge in [0, 0.05) is 0 Å². The fraction of sp³-hybridized carbons (Fsp3) is 0.125. The number of nitrogens with one attached hydrogen (secondary N) is 1. The van der Waals surface area contributed by atoms with Gasteiger partial charge in [0.05, 0.1) is 12.0 Å². The van der Waals surface area contributed by atoms with Gasteiger partial charge in [-0.2, -0.15) is 0 Å². The molecule has 5 nitrogen and oxygen atoms in total. The molecule has 2 rings (SSSR count). The van der Waals surface area contributed by atoms with E-state index in [9.17, 15) is 14.7 Å². The number of ether oxygens (including phenoxy) is 1. The van der Waals surface area contributed by atoms with E-state index in [4.69, 9.17) is 4.74 Å². The molecule has 1 amide bonds. The predicted octanol–water partition coefficient (Wildman–Crippen LogP) is -1.59. The van der Waals surface area contributed by atoms with Crippen molar-refractivity contribution in [3.8, 4) is 0 Å². The van der Waals surface area contributed by atoms with E-state index in [2.05, 4.69) is 5.32 Å². The molecule has 0 radical (unpaired) electrons. The third-order valence-corrected chi connectivity index (χ3v) is 2.84. The average Bonchev–Trinajstić information content (AvgIpc) is 2.52. The van der Waals surface area contributed by atoms with Crippen molar-refractivity contribution < 1.29 is 70.8 Å². The van der Waals surface area contributed by atoms with Crippen LogP contribution in [0.1, 0.15) is 17.2 Å². The topological polar surface area (TPSA) is 78.5 Å². The molecule has 0 heterocycles. The third kappa shape index (κ3) is 5.90. The number of carbonyl (C=O) groups is 2. The number of alkyl carbamates (subject to hydrolysis) is 1. The van der Waals surface area contributed by atoms with E-state index in [0.29, 0.717) is 5.56 Å². The van der Waals surface area contributed by atoms with Crippen LogP contribution in [0.4, 0.5) is 4.79 Å². The van der Waals surface area contributed by atoms with Crippen LogP contribution in [0.3, 0.4) is 0 Å². The zero-order chi connectivity index (χ0) is 15.1. The van der Waals surface area contributed by atoms with Gasteiger partial charge in [0.15, 0.2) is 0 Å². The van der Waals surface area contributed by atoms with Gasteiger partial charge in [-0.05, 0) is 11.1 Å². The van der Waals surface area contributed by atoms with E-state index >= 15 is 0 Å². The minimum Gasteiger partial charge on any atom is -0.548 e. The first-order chi connectivity index (χ1) is 10.2. The number of benzene rings is 2. The van der Waals surface area contributed by atoms with Gasteiger partial charge < -0.3 is 20.0 Å². The summed E-state index contributed by atoms with van der Waals surface area (Å²) < 4.78 is 4.99. The van der Waals surface area contributed by atoms with E-state index < -0.39 is 18.1 Å². The summed E-state index contributed by atoms with van der Waals surface area (Å²) in [5.74, 6) is -1.39. The maximum absolute atomic E-state index is 11.7. The maximum atomic E-state index is 11.7. The molecule has 2 aromatic carbocycles. The Hall–Kier alpha value is -1.18. The average molecular weight is 323 g/mol. The first-order valence-corrected chi connectivity index (χ1v) is 6.40. The molecule has 1 N–H and O–H groups in total. The van der Waals surface area contributed by atoms with Crippen LogP contribution in [-0.2, 0) is 16.1 Å². The zero-order valence-corrected chi connectivity index (χ0v) is 15.3. The first-order valence-electron chi connectivity index (χ1n) is 6.40. The summed E-state index contributed by atoms with van der Waals surface area (Å²) in [5, 5.41) is 13.4.